The standard InChI is InChI=1S/C30H62S4/c1-4-7-10-13-16-19-22-25-30(33-28-31-26-23-20-17-14-11-8-5-2)34-29-32-27-24-21-18-15-12-9-6-3/h30H,4-29H2,1-3H3. The van der Waals surface area contributed by atoms with Gasteiger partial charge in [-0.15, -0.1) is 23.5 Å². The molecule has 0 aromatic heterocycles. The van der Waals surface area contributed by atoms with E-state index in [9.17, 15) is 0 Å². The van der Waals surface area contributed by atoms with Crippen LogP contribution in [0.5, 0.6) is 0 Å². The van der Waals surface area contributed by atoms with Gasteiger partial charge in [0.2, 0.25) is 0 Å². The molecule has 0 aromatic carbocycles. The van der Waals surface area contributed by atoms with Crippen molar-refractivity contribution in [2.24, 2.45) is 0 Å². The quantitative estimate of drug-likeness (QED) is 0.0643. The van der Waals surface area contributed by atoms with Crippen LogP contribution in [0, 0.1) is 0 Å². The van der Waals surface area contributed by atoms with Crippen LogP contribution in [0.4, 0.5) is 0 Å². The summed E-state index contributed by atoms with van der Waals surface area (Å²) in [6.07, 6.45) is 31.6. The first kappa shape index (κ1) is 35.4. The predicted molar refractivity (Wildman–Crippen MR) is 172 cm³/mol. The second-order valence-corrected chi connectivity index (χ2v) is 15.6. The van der Waals surface area contributed by atoms with Gasteiger partial charge in [0.05, 0.1) is 4.58 Å². The molecule has 34 heavy (non-hydrogen) atoms. The van der Waals surface area contributed by atoms with Crippen LogP contribution >= 0.6 is 47.0 Å². The summed E-state index contributed by atoms with van der Waals surface area (Å²) >= 11 is 8.93. The Kier molecular flexibility index (Phi) is 33.8. The van der Waals surface area contributed by atoms with Gasteiger partial charge in [-0.1, -0.05) is 143 Å². The van der Waals surface area contributed by atoms with Crippen LogP contribution in [0.1, 0.15) is 162 Å². The van der Waals surface area contributed by atoms with Crippen LogP contribution in [-0.2, 0) is 0 Å². The molecule has 0 atom stereocenters. The molecule has 0 spiro atoms. The second kappa shape index (κ2) is 32.4. The minimum Gasteiger partial charge on any atom is -0.151 e. The zero-order valence-electron chi connectivity index (χ0n) is 23.6. The molecule has 0 unspecified atom stereocenters. The van der Waals surface area contributed by atoms with Crippen molar-refractivity contribution in [3.63, 3.8) is 0 Å². The van der Waals surface area contributed by atoms with Crippen molar-refractivity contribution in [1.29, 1.82) is 0 Å². The van der Waals surface area contributed by atoms with Crippen molar-refractivity contribution >= 4 is 47.0 Å². The third kappa shape index (κ3) is 29.6. The normalized spacial score (nSPS) is 11.6. The topological polar surface area (TPSA) is 0 Å². The lowest BCUT2D eigenvalue weighted by Gasteiger charge is -2.16. The van der Waals surface area contributed by atoms with Crippen LogP contribution in [-0.4, -0.2) is 26.3 Å². The molecule has 0 aromatic rings. The minimum absolute atomic E-state index is 0.832. The van der Waals surface area contributed by atoms with Crippen molar-refractivity contribution < 1.29 is 0 Å². The highest BCUT2D eigenvalue weighted by molar-refractivity contribution is 8.26. The smallest absolute Gasteiger partial charge is 0.0519 e. The molecule has 206 valence electrons. The molecule has 0 saturated heterocycles. The van der Waals surface area contributed by atoms with Gasteiger partial charge in [0.15, 0.2) is 0 Å². The summed E-state index contributed by atoms with van der Waals surface area (Å²) in [5.41, 5.74) is 0. The van der Waals surface area contributed by atoms with Gasteiger partial charge in [0.25, 0.3) is 0 Å². The summed E-state index contributed by atoms with van der Waals surface area (Å²) in [7, 11) is 0. The monoisotopic (exact) mass is 550 g/mol. The number of thioether (sulfide) groups is 4. The molecule has 0 rings (SSSR count). The molecule has 0 heterocycles. The van der Waals surface area contributed by atoms with Crippen molar-refractivity contribution in [3.05, 3.63) is 0 Å². The largest absolute Gasteiger partial charge is 0.151 e. The highest BCUT2D eigenvalue weighted by Gasteiger charge is 2.10. The van der Waals surface area contributed by atoms with Crippen LogP contribution < -0.4 is 0 Å². The van der Waals surface area contributed by atoms with Crippen molar-refractivity contribution in [1.82, 2.24) is 0 Å². The summed E-state index contributed by atoms with van der Waals surface area (Å²) in [6.45, 7) is 6.93. The summed E-state index contributed by atoms with van der Waals surface area (Å²) in [6, 6.07) is 0. The fourth-order valence-corrected chi connectivity index (χ4v) is 9.97. The van der Waals surface area contributed by atoms with E-state index in [1.165, 1.54) is 163 Å². The van der Waals surface area contributed by atoms with Gasteiger partial charge in [-0.3, -0.25) is 0 Å². The Balaban J connectivity index is 3.82. The highest BCUT2D eigenvalue weighted by Crippen LogP contribution is 2.34. The van der Waals surface area contributed by atoms with Crippen molar-refractivity contribution in [2.75, 3.05) is 21.7 Å². The summed E-state index contributed by atoms with van der Waals surface area (Å²) in [4.78, 5) is 0. The van der Waals surface area contributed by atoms with Crippen LogP contribution in [0.15, 0.2) is 0 Å². The molecule has 0 saturated carbocycles. The third-order valence-corrected chi connectivity index (χ3v) is 12.1. The first-order chi connectivity index (χ1) is 16.8. The van der Waals surface area contributed by atoms with Gasteiger partial charge in [-0.2, -0.15) is 23.5 Å². The average Bonchev–Trinajstić information content (AvgIpc) is 2.85. The van der Waals surface area contributed by atoms with E-state index < -0.39 is 0 Å². The van der Waals surface area contributed by atoms with Gasteiger partial charge >= 0.3 is 0 Å². The molecule has 4 heteroatoms. The maximum Gasteiger partial charge on any atom is 0.0519 e. The average molecular weight is 551 g/mol. The molecule has 0 N–H and O–H groups in total. The maximum atomic E-state index is 2.32. The van der Waals surface area contributed by atoms with E-state index in [2.05, 4.69) is 67.8 Å². The first-order valence-electron chi connectivity index (χ1n) is 15.2. The SMILES string of the molecule is CCCCCCCCCSCSC(CCCCCCCCC)SCSCCCCCCCCC. The Morgan fingerprint density at radius 3 is 1.09 bits per heavy atom. The molecule has 0 fully saturated rings. The maximum absolute atomic E-state index is 2.32. The number of hydrogen-bond donors (Lipinski definition) is 0. The highest BCUT2D eigenvalue weighted by atomic mass is 32.2. The lowest BCUT2D eigenvalue weighted by molar-refractivity contribution is 0.584. The number of hydrogen-bond acceptors (Lipinski definition) is 4. The van der Waals surface area contributed by atoms with E-state index in [1.54, 1.807) is 0 Å². The second-order valence-electron chi connectivity index (χ2n) is 9.97. The molecule has 0 amide bonds. The molecule has 0 nitrogen and oxygen atoms in total. The summed E-state index contributed by atoms with van der Waals surface area (Å²) < 4.78 is 0.832. The fraction of sp³-hybridized carbons (Fsp3) is 1.00. The Morgan fingerprint density at radius 1 is 0.382 bits per heavy atom. The lowest BCUT2D eigenvalue weighted by atomic mass is 10.1. The Bertz CT molecular complexity index is 327. The van der Waals surface area contributed by atoms with Crippen LogP contribution in [0.3, 0.4) is 0 Å². The molecular weight excluding hydrogens is 489 g/mol. The van der Waals surface area contributed by atoms with Gasteiger partial charge in [-0.05, 0) is 30.8 Å². The first-order valence-corrected chi connectivity index (χ1v) is 19.6. The Morgan fingerprint density at radius 2 is 0.706 bits per heavy atom. The van der Waals surface area contributed by atoms with E-state index in [-0.39, 0.29) is 0 Å². The third-order valence-electron chi connectivity index (χ3n) is 6.50. The van der Waals surface area contributed by atoms with Crippen LogP contribution in [0.25, 0.3) is 0 Å². The molecule has 0 radical (unpaired) electrons. The molecular formula is C30H62S4. The summed E-state index contributed by atoms with van der Waals surface area (Å²) in [5, 5.41) is 2.62. The van der Waals surface area contributed by atoms with E-state index in [1.807, 2.05) is 0 Å². The summed E-state index contributed by atoms with van der Waals surface area (Å²) in [5.74, 6) is 2.76. The molecule has 0 aliphatic rings. The molecule has 0 bridgehead atoms. The van der Waals surface area contributed by atoms with E-state index in [0.717, 1.165) is 4.58 Å². The van der Waals surface area contributed by atoms with Crippen molar-refractivity contribution in [2.45, 2.75) is 167 Å². The zero-order chi connectivity index (χ0) is 24.8. The fourth-order valence-electron chi connectivity index (χ4n) is 4.17. The van der Waals surface area contributed by atoms with Gasteiger partial charge in [0, 0.05) is 10.2 Å². The Labute approximate surface area is 234 Å². The number of unbranched alkanes of at least 4 members (excludes halogenated alkanes) is 18. The minimum atomic E-state index is 0.832. The zero-order valence-corrected chi connectivity index (χ0v) is 26.9. The van der Waals surface area contributed by atoms with E-state index in [0.29, 0.717) is 0 Å². The number of rotatable bonds is 30. The molecule has 0 aliphatic carbocycles. The van der Waals surface area contributed by atoms with Gasteiger partial charge in [-0.25, -0.2) is 0 Å². The van der Waals surface area contributed by atoms with Crippen LogP contribution in [0.2, 0.25) is 0 Å². The van der Waals surface area contributed by atoms with E-state index >= 15 is 0 Å². The lowest BCUT2D eigenvalue weighted by Crippen LogP contribution is -1.99. The van der Waals surface area contributed by atoms with E-state index in [4.69, 9.17) is 0 Å². The predicted octanol–water partition coefficient (Wildman–Crippen LogP) is 12.8. The van der Waals surface area contributed by atoms with Gasteiger partial charge in [0.1, 0.15) is 0 Å². The molecule has 0 aliphatic heterocycles. The Hall–Kier alpha value is 1.40. The van der Waals surface area contributed by atoms with Crippen molar-refractivity contribution in [3.8, 4) is 0 Å². The van der Waals surface area contributed by atoms with Gasteiger partial charge < -0.3 is 0 Å².